The molecule has 1 amide bonds. The quantitative estimate of drug-likeness (QED) is 0.273. The largest absolute Gasteiger partial charge is 0.496 e. The first-order chi connectivity index (χ1) is 20.1. The Bertz CT molecular complexity index is 1580. The predicted octanol–water partition coefficient (Wildman–Crippen LogP) is 6.23. The molecule has 1 unspecified atom stereocenters. The third kappa shape index (κ3) is 5.86. The lowest BCUT2D eigenvalue weighted by Gasteiger charge is -2.45. The summed E-state index contributed by atoms with van der Waals surface area (Å²) in [7, 11) is 1.58. The van der Waals surface area contributed by atoms with Gasteiger partial charge < -0.3 is 19.5 Å². The first-order valence-electron chi connectivity index (χ1n) is 14.0. The number of nitrogens with zero attached hydrogens (tertiary/aromatic N) is 2. The predicted molar refractivity (Wildman–Crippen MR) is 161 cm³/mol. The Labute approximate surface area is 246 Å². The molecule has 1 aliphatic rings. The van der Waals surface area contributed by atoms with Gasteiger partial charge in [-0.1, -0.05) is 69.3 Å². The fourth-order valence-electron chi connectivity index (χ4n) is 5.62. The fraction of sp³-hybridized carbons (Fsp3) is 0.286. The maximum Gasteiger partial charge on any atom is 0.330 e. The van der Waals surface area contributed by atoms with Crippen molar-refractivity contribution < 1.29 is 24.2 Å². The van der Waals surface area contributed by atoms with Crippen molar-refractivity contribution in [3.8, 4) is 11.5 Å². The lowest BCUT2D eigenvalue weighted by molar-refractivity contribution is -0.151. The molecule has 7 nitrogen and oxygen atoms in total. The van der Waals surface area contributed by atoms with Gasteiger partial charge in [0.25, 0.3) is 5.91 Å². The monoisotopic (exact) mass is 564 g/mol. The highest BCUT2D eigenvalue weighted by Crippen LogP contribution is 2.38. The van der Waals surface area contributed by atoms with Gasteiger partial charge in [-0.2, -0.15) is 0 Å². The van der Waals surface area contributed by atoms with E-state index in [0.29, 0.717) is 23.7 Å². The molecular formula is C35H36N2O5. The number of amides is 1. The number of ether oxygens (including phenoxy) is 2. The average Bonchev–Trinajstić information content (AvgIpc) is 2.99. The molecule has 1 aromatic heterocycles. The molecule has 7 heteroatoms. The highest BCUT2D eigenvalue weighted by molar-refractivity contribution is 5.99. The molecule has 0 fully saturated rings. The maximum absolute atomic E-state index is 14.3. The first kappa shape index (κ1) is 28.9. The summed E-state index contributed by atoms with van der Waals surface area (Å²) in [5.41, 5.74) is 3.17. The van der Waals surface area contributed by atoms with E-state index < -0.39 is 11.5 Å². The summed E-state index contributed by atoms with van der Waals surface area (Å²) in [6.45, 7) is 6.74. The van der Waals surface area contributed by atoms with E-state index >= 15 is 0 Å². The Hall–Kier alpha value is -4.65. The number of pyridine rings is 1. The number of rotatable bonds is 8. The van der Waals surface area contributed by atoms with Crippen molar-refractivity contribution in [3.63, 3.8) is 0 Å². The van der Waals surface area contributed by atoms with Crippen LogP contribution in [-0.2, 0) is 36.2 Å². The second kappa shape index (κ2) is 11.7. The van der Waals surface area contributed by atoms with Crippen LogP contribution in [0.25, 0.3) is 0 Å². The molecule has 1 atom stereocenters. The Balaban J connectivity index is 1.54. The average molecular weight is 565 g/mol. The second-order valence-electron chi connectivity index (χ2n) is 11.8. The summed E-state index contributed by atoms with van der Waals surface area (Å²) in [6, 6.07) is 24.3. The van der Waals surface area contributed by atoms with Crippen LogP contribution in [0.15, 0.2) is 91.3 Å². The van der Waals surface area contributed by atoms with Crippen LogP contribution in [0.4, 0.5) is 0 Å². The molecule has 0 spiro atoms. The third-order valence-corrected chi connectivity index (χ3v) is 7.87. The van der Waals surface area contributed by atoms with Gasteiger partial charge in [-0.25, -0.2) is 4.79 Å². The van der Waals surface area contributed by atoms with Crippen LogP contribution < -0.4 is 9.47 Å². The van der Waals surface area contributed by atoms with Gasteiger partial charge in [-0.15, -0.1) is 0 Å². The molecule has 42 heavy (non-hydrogen) atoms. The molecule has 0 saturated heterocycles. The number of benzene rings is 3. The highest BCUT2D eigenvalue weighted by Gasteiger charge is 2.50. The number of carbonyl (C=O) groups excluding carboxylic acids is 1. The third-order valence-electron chi connectivity index (χ3n) is 7.87. The van der Waals surface area contributed by atoms with E-state index in [4.69, 9.17) is 9.47 Å². The van der Waals surface area contributed by atoms with E-state index in [2.05, 4.69) is 25.8 Å². The Morgan fingerprint density at radius 2 is 1.71 bits per heavy atom. The summed E-state index contributed by atoms with van der Waals surface area (Å²) in [5.74, 6) is -0.163. The van der Waals surface area contributed by atoms with Crippen LogP contribution in [0.3, 0.4) is 0 Å². The van der Waals surface area contributed by atoms with Crippen LogP contribution in [0, 0.1) is 0 Å². The van der Waals surface area contributed by atoms with Crippen molar-refractivity contribution in [1.82, 2.24) is 9.88 Å². The zero-order chi connectivity index (χ0) is 29.9. The van der Waals surface area contributed by atoms with E-state index in [0.717, 1.165) is 27.8 Å². The smallest absolute Gasteiger partial charge is 0.330 e. The van der Waals surface area contributed by atoms with Crippen molar-refractivity contribution in [2.45, 2.75) is 57.7 Å². The van der Waals surface area contributed by atoms with Crippen molar-refractivity contribution in [2.75, 3.05) is 7.11 Å². The minimum atomic E-state index is -1.51. The molecule has 2 heterocycles. The number of carboxylic acids is 1. The summed E-state index contributed by atoms with van der Waals surface area (Å²) >= 11 is 0. The molecular weight excluding hydrogens is 528 g/mol. The minimum Gasteiger partial charge on any atom is -0.496 e. The van der Waals surface area contributed by atoms with Crippen molar-refractivity contribution in [2.24, 2.45) is 0 Å². The van der Waals surface area contributed by atoms with Crippen molar-refractivity contribution in [3.05, 3.63) is 125 Å². The molecule has 0 saturated carbocycles. The first-order valence-corrected chi connectivity index (χ1v) is 14.0. The van der Waals surface area contributed by atoms with E-state index in [-0.39, 0.29) is 30.7 Å². The van der Waals surface area contributed by atoms with Crippen molar-refractivity contribution >= 4 is 11.9 Å². The van der Waals surface area contributed by atoms with Crippen LogP contribution in [0.2, 0.25) is 0 Å². The molecule has 4 aromatic rings. The van der Waals surface area contributed by atoms with Crippen LogP contribution in [0.5, 0.6) is 11.5 Å². The van der Waals surface area contributed by atoms with Gasteiger partial charge in [0, 0.05) is 42.9 Å². The van der Waals surface area contributed by atoms with Crippen LogP contribution in [-0.4, -0.2) is 39.5 Å². The number of carboxylic acid groups (broad SMARTS) is 1. The number of carbonyl (C=O) groups is 2. The molecule has 0 radical (unpaired) electrons. The number of hydrogen-bond acceptors (Lipinski definition) is 5. The molecule has 0 bridgehead atoms. The summed E-state index contributed by atoms with van der Waals surface area (Å²) < 4.78 is 11.7. The highest BCUT2D eigenvalue weighted by atomic mass is 16.5. The number of fused-ring (bicyclic) bond motifs is 1. The zero-order valence-electron chi connectivity index (χ0n) is 24.5. The molecule has 1 aliphatic heterocycles. The van der Waals surface area contributed by atoms with Gasteiger partial charge in [0.2, 0.25) is 0 Å². The molecule has 0 aliphatic carbocycles. The van der Waals surface area contributed by atoms with Gasteiger partial charge in [0.15, 0.2) is 0 Å². The van der Waals surface area contributed by atoms with E-state index in [9.17, 15) is 14.7 Å². The molecule has 216 valence electrons. The summed E-state index contributed by atoms with van der Waals surface area (Å²) in [4.78, 5) is 33.2. The number of hydrogen-bond donors (Lipinski definition) is 1. The lowest BCUT2D eigenvalue weighted by Crippen LogP contribution is -2.61. The molecule has 5 rings (SSSR count). The van der Waals surface area contributed by atoms with E-state index in [1.165, 1.54) is 4.90 Å². The second-order valence-corrected chi connectivity index (χ2v) is 11.8. The maximum atomic E-state index is 14.3. The van der Waals surface area contributed by atoms with Gasteiger partial charge in [0.1, 0.15) is 23.6 Å². The lowest BCUT2D eigenvalue weighted by atomic mass is 9.78. The minimum absolute atomic E-state index is 0.138. The normalized spacial score (nSPS) is 16.4. The topological polar surface area (TPSA) is 89.0 Å². The fourth-order valence-corrected chi connectivity index (χ4v) is 5.62. The van der Waals surface area contributed by atoms with Crippen LogP contribution in [0.1, 0.15) is 58.9 Å². The Morgan fingerprint density at radius 3 is 2.38 bits per heavy atom. The summed E-state index contributed by atoms with van der Waals surface area (Å²) in [5, 5.41) is 10.9. The number of aliphatic carboxylic acids is 1. The van der Waals surface area contributed by atoms with Crippen molar-refractivity contribution in [1.29, 1.82) is 0 Å². The summed E-state index contributed by atoms with van der Waals surface area (Å²) in [6.07, 6.45) is 3.76. The SMILES string of the molecule is COc1cc(C(=O)N2Cc3ccc(OCc4cccnc4)cc3CC2(Cc2ccccc2)C(=O)O)ccc1C(C)(C)C. The molecule has 3 aromatic carbocycles. The van der Waals surface area contributed by atoms with E-state index in [1.54, 1.807) is 31.6 Å². The zero-order valence-corrected chi connectivity index (χ0v) is 24.5. The van der Waals surface area contributed by atoms with Crippen LogP contribution >= 0.6 is 0 Å². The van der Waals surface area contributed by atoms with E-state index in [1.807, 2.05) is 66.7 Å². The Morgan fingerprint density at radius 1 is 0.952 bits per heavy atom. The van der Waals surface area contributed by atoms with Gasteiger partial charge in [-0.05, 0) is 58.0 Å². The van der Waals surface area contributed by atoms with Gasteiger partial charge >= 0.3 is 5.97 Å². The standard InChI is InChI=1S/C35H36N2O5/c1-34(2,3)30-15-13-26(18-31(30)41-4)32(38)37-22-27-12-14-29(42-23-25-11-8-16-36-21-25)17-28(27)20-35(37,33(39)40)19-24-9-6-5-7-10-24/h5-18,21H,19-20,22-23H2,1-4H3,(H,39,40). The molecule has 1 N–H and O–H groups in total. The number of methoxy groups -OCH3 is 1. The van der Waals surface area contributed by atoms with Gasteiger partial charge in [-0.3, -0.25) is 9.78 Å². The van der Waals surface area contributed by atoms with Gasteiger partial charge in [0.05, 0.1) is 7.11 Å². The Kier molecular flexibility index (Phi) is 8.03. The number of aromatic nitrogens is 1.